The van der Waals surface area contributed by atoms with Crippen LogP contribution in [0.4, 0.5) is 5.69 Å². The molecule has 0 saturated heterocycles. The van der Waals surface area contributed by atoms with Gasteiger partial charge in [-0.05, 0) is 25.5 Å². The van der Waals surface area contributed by atoms with Crippen molar-refractivity contribution in [1.82, 2.24) is 0 Å². The quantitative estimate of drug-likeness (QED) is 0.390. The first-order valence-corrected chi connectivity index (χ1v) is 7.54. The van der Waals surface area contributed by atoms with Gasteiger partial charge in [0.25, 0.3) is 0 Å². The van der Waals surface area contributed by atoms with Gasteiger partial charge in [-0.25, -0.2) is 0 Å². The number of ketones is 1. The lowest BCUT2D eigenvalue weighted by Crippen LogP contribution is -2.04. The minimum Gasteiger partial charge on any atom is -0.398 e. The number of hydrogen-bond acceptors (Lipinski definition) is 2. The Morgan fingerprint density at radius 3 is 2.37 bits per heavy atom. The average Bonchev–Trinajstić information content (AvgIpc) is 2.40. The summed E-state index contributed by atoms with van der Waals surface area (Å²) < 4.78 is 0. The molecule has 1 aromatic rings. The van der Waals surface area contributed by atoms with Crippen LogP contribution >= 0.6 is 0 Å². The monoisotopic (exact) mass is 261 g/mol. The topological polar surface area (TPSA) is 43.1 Å². The summed E-state index contributed by atoms with van der Waals surface area (Å²) in [7, 11) is 0. The van der Waals surface area contributed by atoms with Crippen LogP contribution in [-0.4, -0.2) is 5.78 Å². The normalized spacial score (nSPS) is 10.6. The number of anilines is 1. The number of carbonyl (C=O) groups excluding carboxylic acids is 1. The van der Waals surface area contributed by atoms with Crippen LogP contribution < -0.4 is 5.73 Å². The Morgan fingerprint density at radius 2 is 1.68 bits per heavy atom. The van der Waals surface area contributed by atoms with Gasteiger partial charge in [-0.1, -0.05) is 57.1 Å². The molecule has 0 amide bonds. The molecule has 19 heavy (non-hydrogen) atoms. The van der Waals surface area contributed by atoms with Crippen molar-refractivity contribution < 1.29 is 4.79 Å². The summed E-state index contributed by atoms with van der Waals surface area (Å²) in [6.07, 6.45) is 9.26. The minimum atomic E-state index is 0.190. The molecule has 1 rings (SSSR count). The Bertz CT molecular complexity index is 398. The third kappa shape index (κ3) is 5.91. The summed E-state index contributed by atoms with van der Waals surface area (Å²) in [6.45, 7) is 4.22. The first kappa shape index (κ1) is 15.7. The van der Waals surface area contributed by atoms with Crippen molar-refractivity contribution in [2.75, 3.05) is 5.73 Å². The van der Waals surface area contributed by atoms with Gasteiger partial charge in [-0.2, -0.15) is 0 Å². The fourth-order valence-electron chi connectivity index (χ4n) is 2.29. The standard InChI is InChI=1S/C17H27NO/c1-3-4-5-6-7-8-9-10-17(19)15-13-14(2)11-12-16(15)18/h11-13H,3-10,18H2,1-2H3. The number of aryl methyl sites for hydroxylation is 1. The molecule has 0 aliphatic carbocycles. The Morgan fingerprint density at radius 1 is 1.05 bits per heavy atom. The van der Waals surface area contributed by atoms with Gasteiger partial charge in [-0.3, -0.25) is 4.79 Å². The van der Waals surface area contributed by atoms with E-state index < -0.39 is 0 Å². The molecule has 1 aromatic carbocycles. The predicted octanol–water partition coefficient (Wildman–Crippen LogP) is 4.90. The van der Waals surface area contributed by atoms with Crippen molar-refractivity contribution >= 4 is 11.5 Å². The summed E-state index contributed by atoms with van der Waals surface area (Å²) in [4.78, 5) is 12.1. The summed E-state index contributed by atoms with van der Waals surface area (Å²) in [5.74, 6) is 0.190. The lowest BCUT2D eigenvalue weighted by molar-refractivity contribution is 0.0980. The summed E-state index contributed by atoms with van der Waals surface area (Å²) in [5, 5.41) is 0. The van der Waals surface area contributed by atoms with Crippen molar-refractivity contribution in [3.8, 4) is 0 Å². The van der Waals surface area contributed by atoms with E-state index in [9.17, 15) is 4.79 Å². The third-order valence-corrected chi connectivity index (χ3v) is 3.52. The molecule has 106 valence electrons. The smallest absolute Gasteiger partial charge is 0.164 e. The molecule has 0 radical (unpaired) electrons. The largest absolute Gasteiger partial charge is 0.398 e. The van der Waals surface area contributed by atoms with Gasteiger partial charge in [-0.15, -0.1) is 0 Å². The maximum absolute atomic E-state index is 12.1. The zero-order valence-electron chi connectivity index (χ0n) is 12.4. The molecule has 0 fully saturated rings. The van der Waals surface area contributed by atoms with Gasteiger partial charge in [0.1, 0.15) is 0 Å². The summed E-state index contributed by atoms with van der Waals surface area (Å²) in [5.41, 5.74) is 8.26. The molecule has 2 N–H and O–H groups in total. The number of benzene rings is 1. The molecule has 0 aromatic heterocycles. The van der Waals surface area contributed by atoms with Crippen LogP contribution in [-0.2, 0) is 0 Å². The van der Waals surface area contributed by atoms with Crippen LogP contribution in [0, 0.1) is 6.92 Å². The van der Waals surface area contributed by atoms with Crippen LogP contribution in [0.2, 0.25) is 0 Å². The Hall–Kier alpha value is -1.31. The minimum absolute atomic E-state index is 0.190. The number of carbonyl (C=O) groups is 1. The lowest BCUT2D eigenvalue weighted by atomic mass is 10.0. The van der Waals surface area contributed by atoms with Gasteiger partial charge in [0.15, 0.2) is 5.78 Å². The van der Waals surface area contributed by atoms with Gasteiger partial charge in [0.05, 0.1) is 0 Å². The molecule has 2 heteroatoms. The van der Waals surface area contributed by atoms with Crippen LogP contribution in [0.25, 0.3) is 0 Å². The number of unbranched alkanes of at least 4 members (excludes halogenated alkanes) is 6. The maximum Gasteiger partial charge on any atom is 0.164 e. The van der Waals surface area contributed by atoms with Crippen molar-refractivity contribution in [1.29, 1.82) is 0 Å². The van der Waals surface area contributed by atoms with Gasteiger partial charge in [0, 0.05) is 17.7 Å². The van der Waals surface area contributed by atoms with E-state index in [4.69, 9.17) is 5.73 Å². The van der Waals surface area contributed by atoms with E-state index in [1.807, 2.05) is 25.1 Å². The van der Waals surface area contributed by atoms with E-state index in [1.165, 1.54) is 32.1 Å². The van der Waals surface area contributed by atoms with E-state index in [2.05, 4.69) is 6.92 Å². The zero-order chi connectivity index (χ0) is 14.1. The fraction of sp³-hybridized carbons (Fsp3) is 0.588. The van der Waals surface area contributed by atoms with E-state index in [0.29, 0.717) is 17.7 Å². The Kier molecular flexibility index (Phi) is 7.24. The number of Topliss-reactive ketones (excluding diaryl/α,β-unsaturated/α-hetero) is 1. The fourth-order valence-corrected chi connectivity index (χ4v) is 2.29. The molecular formula is C17H27NO. The molecule has 0 unspecified atom stereocenters. The Labute approximate surface area is 117 Å². The highest BCUT2D eigenvalue weighted by Crippen LogP contribution is 2.17. The molecule has 0 atom stereocenters. The second-order valence-electron chi connectivity index (χ2n) is 5.39. The van der Waals surface area contributed by atoms with E-state index in [-0.39, 0.29) is 5.78 Å². The number of nitrogen functional groups attached to an aromatic ring is 1. The SMILES string of the molecule is CCCCCCCCCC(=O)c1cc(C)ccc1N. The van der Waals surface area contributed by atoms with E-state index >= 15 is 0 Å². The highest BCUT2D eigenvalue weighted by atomic mass is 16.1. The van der Waals surface area contributed by atoms with Crippen LogP contribution in [0.1, 0.15) is 74.2 Å². The van der Waals surface area contributed by atoms with Crippen molar-refractivity contribution in [2.24, 2.45) is 0 Å². The molecule has 0 bridgehead atoms. The van der Waals surface area contributed by atoms with Gasteiger partial charge in [0.2, 0.25) is 0 Å². The second kappa shape index (κ2) is 8.73. The first-order valence-electron chi connectivity index (χ1n) is 7.54. The van der Waals surface area contributed by atoms with E-state index in [0.717, 1.165) is 18.4 Å². The maximum atomic E-state index is 12.1. The van der Waals surface area contributed by atoms with Crippen molar-refractivity contribution in [2.45, 2.75) is 65.2 Å². The van der Waals surface area contributed by atoms with Crippen molar-refractivity contribution in [3.63, 3.8) is 0 Å². The predicted molar refractivity (Wildman–Crippen MR) is 82.5 cm³/mol. The van der Waals surface area contributed by atoms with Gasteiger partial charge < -0.3 is 5.73 Å². The first-order chi connectivity index (χ1) is 9.15. The number of nitrogens with two attached hydrogens (primary N) is 1. The number of rotatable bonds is 9. The average molecular weight is 261 g/mol. The molecule has 0 saturated carbocycles. The zero-order valence-corrected chi connectivity index (χ0v) is 12.4. The van der Waals surface area contributed by atoms with Crippen LogP contribution in [0.3, 0.4) is 0 Å². The summed E-state index contributed by atoms with van der Waals surface area (Å²) >= 11 is 0. The van der Waals surface area contributed by atoms with Gasteiger partial charge >= 0.3 is 0 Å². The molecule has 2 nitrogen and oxygen atoms in total. The van der Waals surface area contributed by atoms with Crippen LogP contribution in [0.5, 0.6) is 0 Å². The second-order valence-corrected chi connectivity index (χ2v) is 5.39. The highest BCUT2D eigenvalue weighted by molar-refractivity contribution is 6.00. The van der Waals surface area contributed by atoms with Crippen LogP contribution in [0.15, 0.2) is 18.2 Å². The Balaban J connectivity index is 2.26. The molecule has 0 heterocycles. The molecular weight excluding hydrogens is 234 g/mol. The third-order valence-electron chi connectivity index (χ3n) is 3.52. The highest BCUT2D eigenvalue weighted by Gasteiger charge is 2.09. The van der Waals surface area contributed by atoms with Crippen molar-refractivity contribution in [3.05, 3.63) is 29.3 Å². The summed E-state index contributed by atoms with van der Waals surface area (Å²) in [6, 6.07) is 5.67. The van der Waals surface area contributed by atoms with E-state index in [1.54, 1.807) is 0 Å². The molecule has 0 spiro atoms. The molecule has 0 aliphatic rings. The number of hydrogen-bond donors (Lipinski definition) is 1. The lowest BCUT2D eigenvalue weighted by Gasteiger charge is -2.06. The molecule has 0 aliphatic heterocycles.